The molecule has 142 valence electrons. The molecule has 3 rings (SSSR count). The van der Waals surface area contributed by atoms with Crippen LogP contribution in [0.1, 0.15) is 18.4 Å². The fourth-order valence-corrected chi connectivity index (χ4v) is 3.49. The lowest BCUT2D eigenvalue weighted by molar-refractivity contribution is -0.144. The maximum absolute atomic E-state index is 12.2. The summed E-state index contributed by atoms with van der Waals surface area (Å²) in [4.78, 5) is 23.8. The van der Waals surface area contributed by atoms with Gasteiger partial charge in [0.1, 0.15) is 0 Å². The van der Waals surface area contributed by atoms with Gasteiger partial charge in [-0.3, -0.25) is 9.59 Å². The molecular weight excluding hydrogens is 342 g/mol. The number of benzene rings is 2. The van der Waals surface area contributed by atoms with Crippen molar-refractivity contribution in [3.63, 3.8) is 0 Å². The summed E-state index contributed by atoms with van der Waals surface area (Å²) in [6, 6.07) is 17.9. The highest BCUT2D eigenvalue weighted by Crippen LogP contribution is 2.24. The average Bonchev–Trinajstić information content (AvgIpc) is 2.70. The zero-order valence-corrected chi connectivity index (χ0v) is 15.3. The van der Waals surface area contributed by atoms with Crippen molar-refractivity contribution in [1.82, 2.24) is 5.32 Å². The molecule has 1 amide bonds. The molecule has 1 fully saturated rings. The van der Waals surface area contributed by atoms with E-state index in [9.17, 15) is 14.7 Å². The minimum atomic E-state index is -0.852. The van der Waals surface area contributed by atoms with Gasteiger partial charge >= 0.3 is 5.97 Å². The molecule has 0 spiro atoms. The standard InChI is InChI=1S/C22H25NO4/c24-21(23-15-20(22(25)26)19-10-12-27-13-11-19)14-16-6-8-18(9-7-16)17-4-2-1-3-5-17/h1-9,19-20H,10-15H2,(H,23,24)(H,25,26). The molecule has 1 aliphatic heterocycles. The number of aliphatic carboxylic acids is 1. The van der Waals surface area contributed by atoms with Gasteiger partial charge in [-0.2, -0.15) is 0 Å². The van der Waals surface area contributed by atoms with Gasteiger partial charge in [0.25, 0.3) is 0 Å². The first-order valence-electron chi connectivity index (χ1n) is 9.35. The number of carboxylic acid groups (broad SMARTS) is 1. The molecular formula is C22H25NO4. The van der Waals surface area contributed by atoms with Gasteiger partial charge in [0.15, 0.2) is 0 Å². The minimum Gasteiger partial charge on any atom is -0.481 e. The minimum absolute atomic E-state index is 0.0571. The van der Waals surface area contributed by atoms with Crippen molar-refractivity contribution in [3.8, 4) is 11.1 Å². The molecule has 1 heterocycles. The van der Waals surface area contributed by atoms with Crippen molar-refractivity contribution in [2.24, 2.45) is 11.8 Å². The Morgan fingerprint density at radius 1 is 1.00 bits per heavy atom. The van der Waals surface area contributed by atoms with Gasteiger partial charge in [0.05, 0.1) is 12.3 Å². The van der Waals surface area contributed by atoms with Gasteiger partial charge in [-0.15, -0.1) is 0 Å². The first kappa shape index (κ1) is 19.1. The molecule has 5 heteroatoms. The largest absolute Gasteiger partial charge is 0.481 e. The molecule has 27 heavy (non-hydrogen) atoms. The fourth-order valence-electron chi connectivity index (χ4n) is 3.49. The molecule has 5 nitrogen and oxygen atoms in total. The SMILES string of the molecule is O=C(Cc1ccc(-c2ccccc2)cc1)NCC(C(=O)O)C1CCOCC1. The summed E-state index contributed by atoms with van der Waals surface area (Å²) in [5.41, 5.74) is 3.14. The third kappa shape index (κ3) is 5.41. The molecule has 2 aromatic carbocycles. The molecule has 1 saturated heterocycles. The maximum Gasteiger partial charge on any atom is 0.308 e. The lowest BCUT2D eigenvalue weighted by Crippen LogP contribution is -2.39. The first-order chi connectivity index (χ1) is 13.1. The van der Waals surface area contributed by atoms with Gasteiger partial charge in [-0.05, 0) is 35.4 Å². The highest BCUT2D eigenvalue weighted by molar-refractivity contribution is 5.80. The van der Waals surface area contributed by atoms with E-state index < -0.39 is 11.9 Å². The highest BCUT2D eigenvalue weighted by atomic mass is 16.5. The van der Waals surface area contributed by atoms with Crippen LogP contribution in [-0.2, 0) is 20.7 Å². The fraction of sp³-hybridized carbons (Fsp3) is 0.364. The van der Waals surface area contributed by atoms with E-state index in [4.69, 9.17) is 4.74 Å². The molecule has 0 bridgehead atoms. The third-order valence-electron chi connectivity index (χ3n) is 5.10. The van der Waals surface area contributed by atoms with E-state index >= 15 is 0 Å². The molecule has 1 unspecified atom stereocenters. The highest BCUT2D eigenvalue weighted by Gasteiger charge is 2.29. The van der Waals surface area contributed by atoms with Crippen LogP contribution >= 0.6 is 0 Å². The Morgan fingerprint density at radius 3 is 2.26 bits per heavy atom. The van der Waals surface area contributed by atoms with E-state index in [0.29, 0.717) is 13.2 Å². The zero-order chi connectivity index (χ0) is 19.1. The Balaban J connectivity index is 1.53. The summed E-state index contributed by atoms with van der Waals surface area (Å²) in [6.45, 7) is 1.35. The van der Waals surface area contributed by atoms with Crippen LogP contribution < -0.4 is 5.32 Å². The van der Waals surface area contributed by atoms with Crippen molar-refractivity contribution in [3.05, 3.63) is 60.2 Å². The molecule has 1 aliphatic rings. The van der Waals surface area contributed by atoms with Crippen LogP contribution in [0.15, 0.2) is 54.6 Å². The summed E-state index contributed by atoms with van der Waals surface area (Å²) < 4.78 is 5.30. The van der Waals surface area contributed by atoms with Gasteiger partial charge in [-0.25, -0.2) is 0 Å². The molecule has 2 aromatic rings. The van der Waals surface area contributed by atoms with Crippen LogP contribution in [0, 0.1) is 11.8 Å². The van der Waals surface area contributed by atoms with Gasteiger partial charge in [0, 0.05) is 19.8 Å². The average molecular weight is 367 g/mol. The van der Waals surface area contributed by atoms with E-state index in [1.165, 1.54) is 0 Å². The van der Waals surface area contributed by atoms with Crippen LogP contribution in [0.5, 0.6) is 0 Å². The number of carboxylic acids is 1. The molecule has 0 aliphatic carbocycles. The topological polar surface area (TPSA) is 75.6 Å². The second-order valence-corrected chi connectivity index (χ2v) is 6.94. The Hall–Kier alpha value is -2.66. The number of carbonyl (C=O) groups is 2. The van der Waals surface area contributed by atoms with E-state index in [1.807, 2.05) is 54.6 Å². The second-order valence-electron chi connectivity index (χ2n) is 6.94. The van der Waals surface area contributed by atoms with Crippen molar-refractivity contribution < 1.29 is 19.4 Å². The number of rotatable bonds is 7. The smallest absolute Gasteiger partial charge is 0.308 e. The van der Waals surface area contributed by atoms with E-state index in [-0.39, 0.29) is 24.8 Å². The zero-order valence-electron chi connectivity index (χ0n) is 15.3. The number of carbonyl (C=O) groups excluding carboxylic acids is 1. The third-order valence-corrected chi connectivity index (χ3v) is 5.10. The van der Waals surface area contributed by atoms with Crippen molar-refractivity contribution in [1.29, 1.82) is 0 Å². The summed E-state index contributed by atoms with van der Waals surface area (Å²) in [5.74, 6) is -1.50. The number of ether oxygens (including phenoxy) is 1. The number of amides is 1. The number of hydrogen-bond donors (Lipinski definition) is 2. The first-order valence-corrected chi connectivity index (χ1v) is 9.35. The summed E-state index contributed by atoms with van der Waals surface area (Å²) >= 11 is 0. The monoisotopic (exact) mass is 367 g/mol. The molecule has 0 saturated carbocycles. The maximum atomic E-state index is 12.2. The van der Waals surface area contributed by atoms with Crippen LogP contribution in [0.4, 0.5) is 0 Å². The van der Waals surface area contributed by atoms with Crippen LogP contribution in [-0.4, -0.2) is 36.7 Å². The van der Waals surface area contributed by atoms with Crippen molar-refractivity contribution >= 4 is 11.9 Å². The Labute approximate surface area is 159 Å². The predicted molar refractivity (Wildman–Crippen MR) is 103 cm³/mol. The Kier molecular flexibility index (Phi) is 6.60. The van der Waals surface area contributed by atoms with Gasteiger partial charge < -0.3 is 15.2 Å². The normalized spacial score (nSPS) is 15.9. The molecule has 0 radical (unpaired) electrons. The lowest BCUT2D eigenvalue weighted by Gasteiger charge is -2.27. The van der Waals surface area contributed by atoms with Crippen LogP contribution in [0.2, 0.25) is 0 Å². The van der Waals surface area contributed by atoms with Crippen molar-refractivity contribution in [2.45, 2.75) is 19.3 Å². The molecule has 1 atom stereocenters. The van der Waals surface area contributed by atoms with Crippen LogP contribution in [0.25, 0.3) is 11.1 Å². The molecule has 0 aromatic heterocycles. The van der Waals surface area contributed by atoms with Gasteiger partial charge in [-0.1, -0.05) is 54.6 Å². The van der Waals surface area contributed by atoms with Gasteiger partial charge in [0.2, 0.25) is 5.91 Å². The number of nitrogens with one attached hydrogen (secondary N) is 1. The Morgan fingerprint density at radius 2 is 1.63 bits per heavy atom. The van der Waals surface area contributed by atoms with Crippen LogP contribution in [0.3, 0.4) is 0 Å². The van der Waals surface area contributed by atoms with E-state index in [0.717, 1.165) is 29.5 Å². The molecule has 2 N–H and O–H groups in total. The summed E-state index contributed by atoms with van der Waals surface area (Å²) in [6.07, 6.45) is 1.71. The summed E-state index contributed by atoms with van der Waals surface area (Å²) in [7, 11) is 0. The van der Waals surface area contributed by atoms with E-state index in [1.54, 1.807) is 0 Å². The van der Waals surface area contributed by atoms with Crippen molar-refractivity contribution in [2.75, 3.05) is 19.8 Å². The number of hydrogen-bond acceptors (Lipinski definition) is 3. The van der Waals surface area contributed by atoms with E-state index in [2.05, 4.69) is 5.32 Å². The Bertz CT molecular complexity index is 752. The second kappa shape index (κ2) is 9.33. The predicted octanol–water partition coefficient (Wildman–Crippen LogP) is 3.14. The summed E-state index contributed by atoms with van der Waals surface area (Å²) in [5, 5.41) is 12.3. The quantitative estimate of drug-likeness (QED) is 0.788. The lowest BCUT2D eigenvalue weighted by atomic mass is 9.86.